The molecule has 5 heteroatoms. The summed E-state index contributed by atoms with van der Waals surface area (Å²) in [6, 6.07) is 0. The van der Waals surface area contributed by atoms with E-state index in [1.165, 1.54) is 6.92 Å². The predicted molar refractivity (Wildman–Crippen MR) is 103 cm³/mol. The van der Waals surface area contributed by atoms with Gasteiger partial charge in [-0.3, -0.25) is 14.4 Å². The van der Waals surface area contributed by atoms with Crippen molar-refractivity contribution in [1.29, 1.82) is 0 Å². The van der Waals surface area contributed by atoms with Crippen LogP contribution in [0.4, 0.5) is 0 Å². The molecule has 0 aromatic heterocycles. The van der Waals surface area contributed by atoms with Crippen LogP contribution in [0.3, 0.4) is 0 Å². The Morgan fingerprint density at radius 1 is 1.37 bits per heavy atom. The minimum Gasteiger partial charge on any atom is -0.481 e. The largest absolute Gasteiger partial charge is 0.481 e. The van der Waals surface area contributed by atoms with Crippen LogP contribution in [0.25, 0.3) is 0 Å². The van der Waals surface area contributed by atoms with Gasteiger partial charge in [0.2, 0.25) is 0 Å². The summed E-state index contributed by atoms with van der Waals surface area (Å²) in [4.78, 5) is 34.8. The number of ether oxygens (including phenoxy) is 1. The maximum Gasteiger partial charge on any atom is 0.303 e. The van der Waals surface area contributed by atoms with Crippen LogP contribution in [0.2, 0.25) is 0 Å². The van der Waals surface area contributed by atoms with Gasteiger partial charge in [0, 0.05) is 19.8 Å². The number of carbonyl (C=O) groups excluding carboxylic acids is 2. The van der Waals surface area contributed by atoms with Crippen LogP contribution in [0.5, 0.6) is 0 Å². The quantitative estimate of drug-likeness (QED) is 0.664. The highest BCUT2D eigenvalue weighted by Crippen LogP contribution is 2.61. The van der Waals surface area contributed by atoms with Crippen molar-refractivity contribution in [1.82, 2.24) is 0 Å². The molecule has 0 heterocycles. The van der Waals surface area contributed by atoms with Gasteiger partial charge in [-0.15, -0.1) is 0 Å². The molecule has 0 saturated heterocycles. The Hall–Kier alpha value is -1.65. The number of rotatable bonds is 7. The molecule has 152 valence electrons. The van der Waals surface area contributed by atoms with Crippen molar-refractivity contribution < 1.29 is 24.2 Å². The highest BCUT2D eigenvalue weighted by Gasteiger charge is 2.55. The number of hydrogen-bond acceptors (Lipinski definition) is 4. The number of carbonyl (C=O) groups is 3. The number of hydrogen-bond donors (Lipinski definition) is 1. The second-order valence-electron chi connectivity index (χ2n) is 9.28. The van der Waals surface area contributed by atoms with Gasteiger partial charge in [-0.2, -0.15) is 0 Å². The molecular weight excluding hydrogens is 344 g/mol. The summed E-state index contributed by atoms with van der Waals surface area (Å²) in [5.74, 6) is -0.201. The minimum atomic E-state index is -0.756. The summed E-state index contributed by atoms with van der Waals surface area (Å²) in [6.07, 6.45) is 6.20. The second kappa shape index (κ2) is 8.15. The van der Waals surface area contributed by atoms with Gasteiger partial charge in [0.05, 0.1) is 0 Å². The Balaban J connectivity index is 2.26. The first kappa shape index (κ1) is 21.6. The number of fused-ring (bicyclic) bond motifs is 1. The molecule has 2 aliphatic rings. The number of carboxylic acids is 1. The van der Waals surface area contributed by atoms with Gasteiger partial charge in [-0.1, -0.05) is 27.7 Å². The molecule has 0 unspecified atom stereocenters. The molecule has 0 bridgehead atoms. The smallest absolute Gasteiger partial charge is 0.303 e. The Morgan fingerprint density at radius 2 is 2.04 bits per heavy atom. The number of ketones is 1. The molecule has 1 saturated carbocycles. The average molecular weight is 379 g/mol. The van der Waals surface area contributed by atoms with E-state index in [2.05, 4.69) is 20.8 Å². The van der Waals surface area contributed by atoms with E-state index >= 15 is 0 Å². The Labute approximate surface area is 162 Å². The molecular formula is C22H34O5. The Bertz CT molecular complexity index is 637. The molecule has 0 amide bonds. The lowest BCUT2D eigenvalue weighted by Gasteiger charge is -2.58. The molecule has 2 rings (SSSR count). The van der Waals surface area contributed by atoms with Crippen molar-refractivity contribution in [3.63, 3.8) is 0 Å². The van der Waals surface area contributed by atoms with E-state index in [9.17, 15) is 14.4 Å². The Morgan fingerprint density at radius 3 is 2.63 bits per heavy atom. The lowest BCUT2D eigenvalue weighted by molar-refractivity contribution is -0.142. The van der Waals surface area contributed by atoms with Crippen LogP contribution in [0.15, 0.2) is 11.6 Å². The van der Waals surface area contributed by atoms with Gasteiger partial charge in [0.25, 0.3) is 0 Å². The molecule has 27 heavy (non-hydrogen) atoms. The molecule has 5 atom stereocenters. The summed E-state index contributed by atoms with van der Waals surface area (Å²) in [6.45, 7) is 10.3. The maximum atomic E-state index is 12.5. The van der Waals surface area contributed by atoms with E-state index in [1.54, 1.807) is 6.08 Å². The first-order valence-corrected chi connectivity index (χ1v) is 10.1. The fourth-order valence-corrected chi connectivity index (χ4v) is 5.32. The minimum absolute atomic E-state index is 0.0366. The third-order valence-electron chi connectivity index (χ3n) is 7.39. The normalized spacial score (nSPS) is 34.4. The van der Waals surface area contributed by atoms with Gasteiger partial charge in [0.15, 0.2) is 5.78 Å². The second-order valence-corrected chi connectivity index (χ2v) is 9.28. The number of esters is 1. The van der Waals surface area contributed by atoms with Crippen LogP contribution in [-0.4, -0.2) is 29.4 Å². The molecule has 1 N–H and O–H groups in total. The van der Waals surface area contributed by atoms with Crippen LogP contribution in [0.1, 0.15) is 73.1 Å². The van der Waals surface area contributed by atoms with Gasteiger partial charge in [-0.25, -0.2) is 0 Å². The lowest BCUT2D eigenvalue weighted by Crippen LogP contribution is -2.52. The van der Waals surface area contributed by atoms with Crippen molar-refractivity contribution >= 4 is 17.7 Å². The molecule has 2 aliphatic carbocycles. The van der Waals surface area contributed by atoms with Gasteiger partial charge >= 0.3 is 11.9 Å². The zero-order valence-electron chi connectivity index (χ0n) is 17.3. The van der Waals surface area contributed by atoms with E-state index in [0.29, 0.717) is 12.3 Å². The first-order valence-electron chi connectivity index (χ1n) is 10.1. The first-order chi connectivity index (χ1) is 12.5. The molecule has 0 aromatic carbocycles. The molecule has 0 aromatic rings. The highest BCUT2D eigenvalue weighted by molar-refractivity contribution is 5.92. The standard InChI is InChI=1S/C22H34O5/c1-14(10-20(25)26)6-8-21(4)15(2)7-9-22(5)17(13-27-16(3)23)11-18(24)12-19(21)22/h11,14-15,19H,6-10,12-13H2,1-5H3,(H,25,26)/t14-,15+,19+,21+,22-/m1/s1. The molecule has 0 radical (unpaired) electrons. The van der Waals surface area contributed by atoms with Gasteiger partial charge in [0.1, 0.15) is 6.61 Å². The zero-order chi connectivity index (χ0) is 20.4. The lowest BCUT2D eigenvalue weighted by atomic mass is 9.46. The maximum absolute atomic E-state index is 12.5. The summed E-state index contributed by atoms with van der Waals surface area (Å²) < 4.78 is 5.26. The summed E-state index contributed by atoms with van der Waals surface area (Å²) in [5, 5.41) is 9.05. The van der Waals surface area contributed by atoms with E-state index in [4.69, 9.17) is 9.84 Å². The van der Waals surface area contributed by atoms with Crippen molar-refractivity contribution in [3.05, 3.63) is 11.6 Å². The summed E-state index contributed by atoms with van der Waals surface area (Å²) in [7, 11) is 0. The van der Waals surface area contributed by atoms with Crippen LogP contribution >= 0.6 is 0 Å². The molecule has 1 fully saturated rings. The molecule has 0 aliphatic heterocycles. The van der Waals surface area contributed by atoms with E-state index < -0.39 is 5.97 Å². The fourth-order valence-electron chi connectivity index (χ4n) is 5.32. The third kappa shape index (κ3) is 4.61. The van der Waals surface area contributed by atoms with Crippen molar-refractivity contribution in [2.75, 3.05) is 6.61 Å². The van der Waals surface area contributed by atoms with Crippen LogP contribution < -0.4 is 0 Å². The van der Waals surface area contributed by atoms with Crippen molar-refractivity contribution in [2.24, 2.45) is 28.6 Å². The topological polar surface area (TPSA) is 80.7 Å². The van der Waals surface area contributed by atoms with E-state index in [0.717, 1.165) is 31.3 Å². The SMILES string of the molecule is CC(=O)OCC1=CC(=O)C[C@H]2[C@@](C)(CC[C@@H](C)CC(=O)O)[C@@H](C)CC[C@]12C. The highest BCUT2D eigenvalue weighted by atomic mass is 16.5. The van der Waals surface area contributed by atoms with Crippen LogP contribution in [-0.2, 0) is 19.1 Å². The summed E-state index contributed by atoms with van der Waals surface area (Å²) in [5.41, 5.74) is 0.752. The fraction of sp³-hybridized carbons (Fsp3) is 0.773. The van der Waals surface area contributed by atoms with Crippen LogP contribution in [0, 0.1) is 28.6 Å². The number of aliphatic carboxylic acids is 1. The monoisotopic (exact) mass is 378 g/mol. The zero-order valence-corrected chi connectivity index (χ0v) is 17.3. The molecule has 0 spiro atoms. The summed E-state index contributed by atoms with van der Waals surface area (Å²) >= 11 is 0. The van der Waals surface area contributed by atoms with E-state index in [-0.39, 0.29) is 47.4 Å². The van der Waals surface area contributed by atoms with Gasteiger partial charge < -0.3 is 9.84 Å². The number of carboxylic acid groups (broad SMARTS) is 1. The van der Waals surface area contributed by atoms with E-state index in [1.807, 2.05) is 6.92 Å². The predicted octanol–water partition coefficient (Wildman–Crippen LogP) is 4.40. The Kier molecular flexibility index (Phi) is 6.54. The van der Waals surface area contributed by atoms with Crippen molar-refractivity contribution in [3.8, 4) is 0 Å². The average Bonchev–Trinajstić information content (AvgIpc) is 2.56. The third-order valence-corrected chi connectivity index (χ3v) is 7.39. The molecule has 5 nitrogen and oxygen atoms in total. The van der Waals surface area contributed by atoms with Gasteiger partial charge in [-0.05, 0) is 65.9 Å². The van der Waals surface area contributed by atoms with Crippen molar-refractivity contribution in [2.45, 2.75) is 73.1 Å². The number of allylic oxidation sites excluding steroid dienone is 1.